The number of phenols is 1. The minimum atomic E-state index is -0.288. The molecule has 2 atom stereocenters. The Balaban J connectivity index is 1.74. The van der Waals surface area contributed by atoms with E-state index in [-0.39, 0.29) is 11.5 Å². The van der Waals surface area contributed by atoms with Crippen LogP contribution in [0.1, 0.15) is 95.6 Å². The average Bonchev–Trinajstić information content (AvgIpc) is 2.56. The largest absolute Gasteiger partial charge is 0.508 e. The van der Waals surface area contributed by atoms with Crippen molar-refractivity contribution >= 4 is 5.78 Å². The van der Waals surface area contributed by atoms with Gasteiger partial charge in [-0.15, -0.1) is 0 Å². The molecule has 0 spiro atoms. The van der Waals surface area contributed by atoms with Crippen molar-refractivity contribution in [2.24, 2.45) is 5.92 Å². The summed E-state index contributed by atoms with van der Waals surface area (Å²) >= 11 is 0. The number of hydrogen-bond donors (Lipinski definition) is 1. The molecule has 1 heterocycles. The summed E-state index contributed by atoms with van der Waals surface area (Å²) in [4.78, 5) is 12.0. The highest BCUT2D eigenvalue weighted by atomic mass is 16.5. The normalized spacial score (nSPS) is 23.9. The molecule has 1 aliphatic heterocycles. The summed E-state index contributed by atoms with van der Waals surface area (Å²) in [5, 5.41) is 10.7. The average molecular weight is 359 g/mol. The zero-order chi connectivity index (χ0) is 18.7. The van der Waals surface area contributed by atoms with Crippen LogP contribution in [0.15, 0.2) is 12.1 Å². The van der Waals surface area contributed by atoms with Crippen LogP contribution in [0.2, 0.25) is 0 Å². The number of aromatic hydroxyl groups is 1. The van der Waals surface area contributed by atoms with E-state index < -0.39 is 0 Å². The fourth-order valence-electron chi connectivity index (χ4n) is 4.88. The first-order chi connectivity index (χ1) is 12.4. The number of ether oxygens (including phenoxy) is 1. The van der Waals surface area contributed by atoms with Gasteiger partial charge in [-0.25, -0.2) is 0 Å². The van der Waals surface area contributed by atoms with Crippen molar-refractivity contribution < 1.29 is 14.6 Å². The van der Waals surface area contributed by atoms with Crippen LogP contribution in [-0.2, 0) is 11.2 Å². The van der Waals surface area contributed by atoms with Crippen molar-refractivity contribution in [2.45, 2.75) is 96.5 Å². The van der Waals surface area contributed by atoms with Crippen LogP contribution in [0.25, 0.3) is 0 Å². The molecule has 1 N–H and O–H groups in total. The maximum absolute atomic E-state index is 12.0. The lowest BCUT2D eigenvalue weighted by atomic mass is 9.66. The molecule has 0 amide bonds. The maximum atomic E-state index is 12.0. The van der Waals surface area contributed by atoms with Crippen molar-refractivity contribution in [1.82, 2.24) is 0 Å². The lowest BCUT2D eigenvalue weighted by molar-refractivity contribution is -0.124. The number of hydrogen-bond acceptors (Lipinski definition) is 3. The zero-order valence-corrected chi connectivity index (χ0v) is 16.6. The molecule has 2 aliphatic rings. The SMILES string of the molecule is CCCCCCCCc1cc(O)c2c(c1)OC(C)(C)[C@H]1CCC(=O)C[C@H]21. The summed E-state index contributed by atoms with van der Waals surface area (Å²) in [6, 6.07) is 4.01. The number of rotatable bonds is 7. The van der Waals surface area contributed by atoms with Crippen molar-refractivity contribution in [3.8, 4) is 11.5 Å². The Morgan fingerprint density at radius 3 is 2.65 bits per heavy atom. The second-order valence-electron chi connectivity index (χ2n) is 8.74. The predicted octanol–water partition coefficient (Wildman–Crippen LogP) is 5.92. The molecule has 26 heavy (non-hydrogen) atoms. The molecule has 1 saturated carbocycles. The molecular weight excluding hydrogens is 324 g/mol. The number of benzene rings is 1. The first-order valence-electron chi connectivity index (χ1n) is 10.5. The maximum Gasteiger partial charge on any atom is 0.133 e. The van der Waals surface area contributed by atoms with E-state index in [1.165, 1.54) is 32.1 Å². The first-order valence-corrected chi connectivity index (χ1v) is 10.5. The van der Waals surface area contributed by atoms with E-state index >= 15 is 0 Å². The summed E-state index contributed by atoms with van der Waals surface area (Å²) in [6.07, 6.45) is 10.6. The molecule has 1 aromatic carbocycles. The van der Waals surface area contributed by atoms with Gasteiger partial charge in [0.1, 0.15) is 22.9 Å². The molecule has 3 nitrogen and oxygen atoms in total. The Morgan fingerprint density at radius 2 is 1.88 bits per heavy atom. The fraction of sp³-hybridized carbons (Fsp3) is 0.696. The topological polar surface area (TPSA) is 46.5 Å². The van der Waals surface area contributed by atoms with Gasteiger partial charge in [0.25, 0.3) is 0 Å². The van der Waals surface area contributed by atoms with Gasteiger partial charge >= 0.3 is 0 Å². The highest BCUT2D eigenvalue weighted by Crippen LogP contribution is 2.53. The molecule has 3 heteroatoms. The number of ketones is 1. The second-order valence-corrected chi connectivity index (χ2v) is 8.74. The Hall–Kier alpha value is -1.51. The van der Waals surface area contributed by atoms with Gasteiger partial charge in [0, 0.05) is 30.2 Å². The summed E-state index contributed by atoms with van der Waals surface area (Å²) in [5.74, 6) is 1.82. The van der Waals surface area contributed by atoms with Gasteiger partial charge in [-0.1, -0.05) is 39.0 Å². The van der Waals surface area contributed by atoms with Gasteiger partial charge in [-0.3, -0.25) is 4.79 Å². The third kappa shape index (κ3) is 4.07. The molecule has 0 aromatic heterocycles. The molecule has 1 aromatic rings. The van der Waals surface area contributed by atoms with E-state index in [0.717, 1.165) is 36.1 Å². The van der Waals surface area contributed by atoms with Gasteiger partial charge in [-0.05, 0) is 50.8 Å². The van der Waals surface area contributed by atoms with Crippen LogP contribution in [0, 0.1) is 5.92 Å². The van der Waals surface area contributed by atoms with Crippen molar-refractivity contribution in [1.29, 1.82) is 0 Å². The standard InChI is InChI=1S/C23H34O3/c1-4-5-6-7-8-9-10-16-13-20(25)22-18-15-17(24)11-12-19(18)23(2,3)26-21(22)14-16/h13-14,18-19,25H,4-12,15H2,1-3H3/t18-,19-/m0/s1. The molecule has 0 radical (unpaired) electrons. The number of carbonyl (C=O) groups excluding carboxylic acids is 1. The Bertz CT molecular complexity index is 647. The van der Waals surface area contributed by atoms with Crippen LogP contribution >= 0.6 is 0 Å². The van der Waals surface area contributed by atoms with E-state index in [9.17, 15) is 9.90 Å². The van der Waals surface area contributed by atoms with Crippen molar-refractivity contribution in [2.75, 3.05) is 0 Å². The number of unbranched alkanes of at least 4 members (excludes halogenated alkanes) is 5. The highest BCUT2D eigenvalue weighted by molar-refractivity contribution is 5.81. The van der Waals surface area contributed by atoms with Crippen LogP contribution in [-0.4, -0.2) is 16.5 Å². The molecule has 0 bridgehead atoms. The van der Waals surface area contributed by atoms with E-state index in [2.05, 4.69) is 26.8 Å². The van der Waals surface area contributed by atoms with Crippen molar-refractivity contribution in [3.63, 3.8) is 0 Å². The molecule has 0 saturated heterocycles. The summed E-state index contributed by atoms with van der Waals surface area (Å²) in [6.45, 7) is 6.49. The second kappa shape index (κ2) is 8.02. The fourth-order valence-corrected chi connectivity index (χ4v) is 4.88. The summed E-state index contributed by atoms with van der Waals surface area (Å²) in [5.41, 5.74) is 1.73. The number of phenolic OH excluding ortho intramolecular Hbond substituents is 1. The lowest BCUT2D eigenvalue weighted by Gasteiger charge is -2.47. The van der Waals surface area contributed by atoms with Crippen molar-refractivity contribution in [3.05, 3.63) is 23.3 Å². The number of fused-ring (bicyclic) bond motifs is 3. The lowest BCUT2D eigenvalue weighted by Crippen LogP contribution is -2.47. The Kier molecular flexibility index (Phi) is 5.94. The summed E-state index contributed by atoms with van der Waals surface area (Å²) < 4.78 is 6.33. The molecule has 1 fully saturated rings. The van der Waals surface area contributed by atoms with Crippen LogP contribution in [0.5, 0.6) is 11.5 Å². The number of aryl methyl sites for hydroxylation is 1. The predicted molar refractivity (Wildman–Crippen MR) is 105 cm³/mol. The van der Waals surface area contributed by atoms with Crippen LogP contribution in [0.4, 0.5) is 0 Å². The third-order valence-electron chi connectivity index (χ3n) is 6.30. The number of Topliss-reactive ketones (excluding diaryl/α,β-unsaturated/α-hetero) is 1. The van der Waals surface area contributed by atoms with E-state index in [1.807, 2.05) is 6.07 Å². The first kappa shape index (κ1) is 19.3. The third-order valence-corrected chi connectivity index (χ3v) is 6.30. The monoisotopic (exact) mass is 358 g/mol. The minimum absolute atomic E-state index is 0.0955. The number of carbonyl (C=O) groups is 1. The van der Waals surface area contributed by atoms with Crippen LogP contribution in [0.3, 0.4) is 0 Å². The molecule has 1 aliphatic carbocycles. The molecule has 0 unspecified atom stereocenters. The summed E-state index contributed by atoms with van der Waals surface area (Å²) in [7, 11) is 0. The van der Waals surface area contributed by atoms with Gasteiger partial charge < -0.3 is 9.84 Å². The van der Waals surface area contributed by atoms with Crippen LogP contribution < -0.4 is 4.74 Å². The van der Waals surface area contributed by atoms with Gasteiger partial charge in [0.05, 0.1) is 0 Å². The minimum Gasteiger partial charge on any atom is -0.508 e. The highest BCUT2D eigenvalue weighted by Gasteiger charge is 2.47. The van der Waals surface area contributed by atoms with E-state index in [1.54, 1.807) is 0 Å². The molecule has 144 valence electrons. The zero-order valence-electron chi connectivity index (χ0n) is 16.6. The van der Waals surface area contributed by atoms with E-state index in [0.29, 0.717) is 30.3 Å². The van der Waals surface area contributed by atoms with Gasteiger partial charge in [0.15, 0.2) is 0 Å². The molecular formula is C23H34O3. The Labute approximate surface area is 158 Å². The quantitative estimate of drug-likeness (QED) is 0.615. The van der Waals surface area contributed by atoms with E-state index in [4.69, 9.17) is 4.74 Å². The van der Waals surface area contributed by atoms with Gasteiger partial charge in [-0.2, -0.15) is 0 Å². The smallest absolute Gasteiger partial charge is 0.133 e. The Morgan fingerprint density at radius 1 is 1.15 bits per heavy atom. The van der Waals surface area contributed by atoms with Gasteiger partial charge in [0.2, 0.25) is 0 Å². The molecule has 3 rings (SSSR count).